The molecule has 110 valence electrons. The summed E-state index contributed by atoms with van der Waals surface area (Å²) in [6.45, 7) is 3.82. The summed E-state index contributed by atoms with van der Waals surface area (Å²) in [5, 5.41) is 20.9. The molecule has 0 saturated heterocycles. The maximum atomic E-state index is 11.9. The fourth-order valence-electron chi connectivity index (χ4n) is 1.64. The number of nitrogens with zero attached hydrogens (tertiary/aromatic N) is 1. The predicted molar refractivity (Wildman–Crippen MR) is 76.1 cm³/mol. The number of aryl methyl sites for hydroxylation is 1. The number of aliphatic hydroxyl groups is 1. The van der Waals surface area contributed by atoms with E-state index < -0.39 is 18.1 Å². The lowest BCUT2D eigenvalue weighted by Crippen LogP contribution is -2.33. The number of carbonyl (C=O) groups is 2. The van der Waals surface area contributed by atoms with Crippen LogP contribution >= 0.6 is 0 Å². The van der Waals surface area contributed by atoms with Crippen molar-refractivity contribution in [2.45, 2.75) is 26.4 Å². The Balaban J connectivity index is 2.77. The van der Waals surface area contributed by atoms with Crippen LogP contribution in [0.25, 0.3) is 0 Å². The fourth-order valence-corrected chi connectivity index (χ4v) is 1.64. The van der Waals surface area contributed by atoms with E-state index in [1.807, 2.05) is 0 Å². The standard InChI is InChI=1S/C14H20N2O4/c1-9-4-5-12(11(8-9)13(18)19)15-14(20)16(3)7-6-10(2)17/h4-5,8,10,17H,6-7H2,1-3H3,(H,15,20)(H,18,19). The first-order valence-electron chi connectivity index (χ1n) is 6.35. The molecule has 0 spiro atoms. The molecule has 1 rings (SSSR count). The molecule has 1 aromatic carbocycles. The monoisotopic (exact) mass is 280 g/mol. The molecule has 0 fully saturated rings. The minimum atomic E-state index is -1.09. The lowest BCUT2D eigenvalue weighted by Gasteiger charge is -2.19. The summed E-state index contributed by atoms with van der Waals surface area (Å²) in [5.74, 6) is -1.09. The number of nitrogens with one attached hydrogen (secondary N) is 1. The highest BCUT2D eigenvalue weighted by molar-refractivity contribution is 6.00. The molecule has 0 radical (unpaired) electrons. The number of carboxylic acid groups (broad SMARTS) is 1. The molecule has 2 amide bonds. The van der Waals surface area contributed by atoms with Crippen molar-refractivity contribution < 1.29 is 19.8 Å². The molecule has 6 nitrogen and oxygen atoms in total. The van der Waals surface area contributed by atoms with Gasteiger partial charge in [-0.3, -0.25) is 0 Å². The topological polar surface area (TPSA) is 89.9 Å². The quantitative estimate of drug-likeness (QED) is 0.768. The normalized spacial score (nSPS) is 11.8. The van der Waals surface area contributed by atoms with Crippen LogP contribution in [-0.4, -0.2) is 46.8 Å². The minimum Gasteiger partial charge on any atom is -0.478 e. The van der Waals surface area contributed by atoms with Gasteiger partial charge in [0, 0.05) is 13.6 Å². The Morgan fingerprint density at radius 2 is 2.05 bits per heavy atom. The second-order valence-electron chi connectivity index (χ2n) is 4.84. The predicted octanol–water partition coefficient (Wildman–Crippen LogP) is 1.93. The van der Waals surface area contributed by atoms with E-state index in [0.29, 0.717) is 13.0 Å². The first-order chi connectivity index (χ1) is 9.31. The second-order valence-corrected chi connectivity index (χ2v) is 4.84. The van der Waals surface area contributed by atoms with Crippen LogP contribution in [0.2, 0.25) is 0 Å². The zero-order valence-corrected chi connectivity index (χ0v) is 11.9. The minimum absolute atomic E-state index is 0.0577. The number of anilines is 1. The average Bonchev–Trinajstić information content (AvgIpc) is 2.37. The number of aliphatic hydroxyl groups excluding tert-OH is 1. The van der Waals surface area contributed by atoms with Gasteiger partial charge in [0.15, 0.2) is 0 Å². The van der Waals surface area contributed by atoms with Gasteiger partial charge in [0.2, 0.25) is 0 Å². The zero-order valence-electron chi connectivity index (χ0n) is 11.9. The number of urea groups is 1. The highest BCUT2D eigenvalue weighted by Crippen LogP contribution is 2.18. The number of rotatable bonds is 5. The Kier molecular flexibility index (Phi) is 5.52. The maximum absolute atomic E-state index is 11.9. The van der Waals surface area contributed by atoms with Crippen molar-refractivity contribution in [2.75, 3.05) is 18.9 Å². The van der Waals surface area contributed by atoms with Gasteiger partial charge < -0.3 is 20.4 Å². The Bertz CT molecular complexity index is 500. The van der Waals surface area contributed by atoms with Gasteiger partial charge >= 0.3 is 12.0 Å². The van der Waals surface area contributed by atoms with Crippen LogP contribution in [0.5, 0.6) is 0 Å². The van der Waals surface area contributed by atoms with E-state index in [2.05, 4.69) is 5.32 Å². The molecule has 0 saturated carbocycles. The van der Waals surface area contributed by atoms with E-state index in [0.717, 1.165) is 5.56 Å². The van der Waals surface area contributed by atoms with Crippen LogP contribution in [-0.2, 0) is 0 Å². The van der Waals surface area contributed by atoms with E-state index >= 15 is 0 Å². The lowest BCUT2D eigenvalue weighted by molar-refractivity contribution is 0.0698. The van der Waals surface area contributed by atoms with E-state index in [1.165, 1.54) is 11.0 Å². The van der Waals surface area contributed by atoms with E-state index in [-0.39, 0.29) is 11.3 Å². The van der Waals surface area contributed by atoms with Gasteiger partial charge in [-0.2, -0.15) is 0 Å². The van der Waals surface area contributed by atoms with Crippen LogP contribution in [0.1, 0.15) is 29.3 Å². The summed E-state index contributed by atoms with van der Waals surface area (Å²) >= 11 is 0. The van der Waals surface area contributed by atoms with Gasteiger partial charge in [0.05, 0.1) is 17.4 Å². The Morgan fingerprint density at radius 1 is 1.40 bits per heavy atom. The number of aromatic carboxylic acids is 1. The van der Waals surface area contributed by atoms with Crippen molar-refractivity contribution in [3.63, 3.8) is 0 Å². The highest BCUT2D eigenvalue weighted by Gasteiger charge is 2.15. The van der Waals surface area contributed by atoms with Crippen molar-refractivity contribution in [1.29, 1.82) is 0 Å². The van der Waals surface area contributed by atoms with Crippen molar-refractivity contribution >= 4 is 17.7 Å². The smallest absolute Gasteiger partial charge is 0.337 e. The highest BCUT2D eigenvalue weighted by atomic mass is 16.4. The zero-order chi connectivity index (χ0) is 15.3. The van der Waals surface area contributed by atoms with E-state index in [1.54, 1.807) is 33.0 Å². The first kappa shape index (κ1) is 16.0. The second kappa shape index (κ2) is 6.91. The van der Waals surface area contributed by atoms with Gasteiger partial charge in [0.25, 0.3) is 0 Å². The summed E-state index contributed by atoms with van der Waals surface area (Å²) in [5.41, 5.74) is 1.13. The molecule has 6 heteroatoms. The van der Waals surface area contributed by atoms with Gasteiger partial charge in [-0.25, -0.2) is 9.59 Å². The first-order valence-corrected chi connectivity index (χ1v) is 6.35. The van der Waals surface area contributed by atoms with Crippen LogP contribution in [0, 0.1) is 6.92 Å². The number of carboxylic acids is 1. The fraction of sp³-hybridized carbons (Fsp3) is 0.429. The summed E-state index contributed by atoms with van der Waals surface area (Å²) in [6.07, 6.45) is -0.0249. The Morgan fingerprint density at radius 3 is 2.60 bits per heavy atom. The van der Waals surface area contributed by atoms with Crippen LogP contribution in [0.3, 0.4) is 0 Å². The molecule has 0 aliphatic carbocycles. The Hall–Kier alpha value is -2.08. The van der Waals surface area contributed by atoms with Crippen LogP contribution in [0.4, 0.5) is 10.5 Å². The molecule has 0 bridgehead atoms. The number of hydrogen-bond donors (Lipinski definition) is 3. The van der Waals surface area contributed by atoms with Gasteiger partial charge in [-0.05, 0) is 32.4 Å². The summed E-state index contributed by atoms with van der Waals surface area (Å²) in [7, 11) is 1.59. The molecule has 1 unspecified atom stereocenters. The SMILES string of the molecule is Cc1ccc(NC(=O)N(C)CCC(C)O)c(C(=O)O)c1. The molecule has 1 aromatic rings. The molecule has 0 aliphatic rings. The average molecular weight is 280 g/mol. The van der Waals surface area contributed by atoms with Gasteiger partial charge in [0.1, 0.15) is 0 Å². The molecule has 20 heavy (non-hydrogen) atoms. The van der Waals surface area contributed by atoms with Gasteiger partial charge in [-0.15, -0.1) is 0 Å². The third-order valence-corrected chi connectivity index (χ3v) is 2.88. The van der Waals surface area contributed by atoms with E-state index in [9.17, 15) is 14.7 Å². The summed E-state index contributed by atoms with van der Waals surface area (Å²) in [4.78, 5) is 24.5. The molecule has 0 aliphatic heterocycles. The summed E-state index contributed by atoms with van der Waals surface area (Å²) in [6, 6.07) is 4.40. The van der Waals surface area contributed by atoms with E-state index in [4.69, 9.17) is 5.11 Å². The van der Waals surface area contributed by atoms with Gasteiger partial charge in [-0.1, -0.05) is 11.6 Å². The molecule has 0 aromatic heterocycles. The third-order valence-electron chi connectivity index (χ3n) is 2.88. The van der Waals surface area contributed by atoms with Crippen molar-refractivity contribution in [3.05, 3.63) is 29.3 Å². The maximum Gasteiger partial charge on any atom is 0.337 e. The number of hydrogen-bond acceptors (Lipinski definition) is 3. The van der Waals surface area contributed by atoms with Crippen molar-refractivity contribution in [2.24, 2.45) is 0 Å². The molecular formula is C14H20N2O4. The summed E-state index contributed by atoms with van der Waals surface area (Å²) < 4.78 is 0. The Labute approximate surface area is 118 Å². The largest absolute Gasteiger partial charge is 0.478 e. The molecule has 0 heterocycles. The van der Waals surface area contributed by atoms with Crippen molar-refractivity contribution in [1.82, 2.24) is 4.90 Å². The molecular weight excluding hydrogens is 260 g/mol. The number of carbonyl (C=O) groups excluding carboxylic acids is 1. The number of benzene rings is 1. The van der Waals surface area contributed by atoms with Crippen LogP contribution < -0.4 is 5.32 Å². The number of amides is 2. The van der Waals surface area contributed by atoms with Crippen LogP contribution in [0.15, 0.2) is 18.2 Å². The molecule has 3 N–H and O–H groups in total. The molecule has 1 atom stereocenters. The third kappa shape index (κ3) is 4.55. The lowest BCUT2D eigenvalue weighted by atomic mass is 10.1. The van der Waals surface area contributed by atoms with Crippen molar-refractivity contribution in [3.8, 4) is 0 Å².